The lowest BCUT2D eigenvalue weighted by Crippen LogP contribution is -2.30. The van der Waals surface area contributed by atoms with E-state index in [-0.39, 0.29) is 31.1 Å². The van der Waals surface area contributed by atoms with Gasteiger partial charge in [0.25, 0.3) is 0 Å². The molecule has 428 valence electrons. The number of ether oxygens (including phenoxy) is 3. The number of rotatable bonds is 58. The second-order valence-electron chi connectivity index (χ2n) is 21.3. The Hall–Kier alpha value is -3.15. The van der Waals surface area contributed by atoms with Crippen LogP contribution in [0.5, 0.6) is 0 Å². The van der Waals surface area contributed by atoms with Crippen LogP contribution in [0.15, 0.2) is 72.9 Å². The Balaban J connectivity index is 4.06. The van der Waals surface area contributed by atoms with Crippen molar-refractivity contribution >= 4 is 17.9 Å². The highest BCUT2D eigenvalue weighted by molar-refractivity contribution is 5.71. The lowest BCUT2D eigenvalue weighted by atomic mass is 10.0. The molecule has 0 aromatic carbocycles. The summed E-state index contributed by atoms with van der Waals surface area (Å²) in [5.41, 5.74) is 0. The first-order chi connectivity index (χ1) is 36.5. The van der Waals surface area contributed by atoms with Gasteiger partial charge >= 0.3 is 17.9 Å². The first-order valence-corrected chi connectivity index (χ1v) is 31.9. The van der Waals surface area contributed by atoms with Gasteiger partial charge in [0.1, 0.15) is 13.2 Å². The SMILES string of the molecule is CC/C=C\C/C=C\C/C=C\C/C=C\C/C=C\CCCCCCCCCCCCCCCC(=O)OCC(COC(=O)CCCCCCCC)OC(=O)CCCCCCCCCCC/C=C\CCCCCCCCCC. The minimum Gasteiger partial charge on any atom is -0.462 e. The molecule has 0 fully saturated rings. The quantitative estimate of drug-likeness (QED) is 0.0261. The van der Waals surface area contributed by atoms with Gasteiger partial charge in [-0.3, -0.25) is 14.4 Å². The molecule has 74 heavy (non-hydrogen) atoms. The molecule has 0 rings (SSSR count). The van der Waals surface area contributed by atoms with Crippen LogP contribution in [0.4, 0.5) is 0 Å². The average molecular weight is 1030 g/mol. The normalized spacial score (nSPS) is 12.5. The highest BCUT2D eigenvalue weighted by atomic mass is 16.6. The van der Waals surface area contributed by atoms with Crippen LogP contribution in [-0.4, -0.2) is 37.2 Å². The molecular weight excluding hydrogens is 913 g/mol. The van der Waals surface area contributed by atoms with Crippen LogP contribution < -0.4 is 0 Å². The molecule has 0 N–H and O–H groups in total. The van der Waals surface area contributed by atoms with Crippen LogP contribution in [0, 0.1) is 0 Å². The summed E-state index contributed by atoms with van der Waals surface area (Å²) >= 11 is 0. The lowest BCUT2D eigenvalue weighted by molar-refractivity contribution is -0.167. The third kappa shape index (κ3) is 59.7. The van der Waals surface area contributed by atoms with Crippen LogP contribution in [0.3, 0.4) is 0 Å². The molecule has 0 aliphatic heterocycles. The zero-order chi connectivity index (χ0) is 53.6. The minimum atomic E-state index is -0.773. The summed E-state index contributed by atoms with van der Waals surface area (Å²) in [5.74, 6) is -0.873. The summed E-state index contributed by atoms with van der Waals surface area (Å²) in [6.07, 6.45) is 80.9. The Morgan fingerprint density at radius 2 is 0.527 bits per heavy atom. The third-order valence-electron chi connectivity index (χ3n) is 13.9. The molecule has 0 radical (unpaired) electrons. The Morgan fingerprint density at radius 1 is 0.284 bits per heavy atom. The fourth-order valence-electron chi connectivity index (χ4n) is 9.17. The maximum atomic E-state index is 12.8. The molecule has 0 aromatic heterocycles. The third-order valence-corrected chi connectivity index (χ3v) is 13.9. The van der Waals surface area contributed by atoms with E-state index in [1.54, 1.807) is 0 Å². The zero-order valence-corrected chi connectivity index (χ0v) is 49.1. The van der Waals surface area contributed by atoms with Crippen molar-refractivity contribution in [2.75, 3.05) is 13.2 Å². The molecule has 6 nitrogen and oxygen atoms in total. The van der Waals surface area contributed by atoms with Gasteiger partial charge in [-0.05, 0) is 89.9 Å². The van der Waals surface area contributed by atoms with E-state index in [9.17, 15) is 14.4 Å². The monoisotopic (exact) mass is 1030 g/mol. The molecule has 1 unspecified atom stereocenters. The van der Waals surface area contributed by atoms with Crippen molar-refractivity contribution in [2.45, 2.75) is 329 Å². The number of hydrogen-bond donors (Lipinski definition) is 0. The van der Waals surface area contributed by atoms with Gasteiger partial charge in [-0.15, -0.1) is 0 Å². The fourth-order valence-corrected chi connectivity index (χ4v) is 9.17. The summed E-state index contributed by atoms with van der Waals surface area (Å²) in [6.45, 7) is 6.50. The Bertz CT molecular complexity index is 1370. The Labute approximate surface area is 459 Å². The van der Waals surface area contributed by atoms with Gasteiger partial charge in [0.2, 0.25) is 0 Å². The van der Waals surface area contributed by atoms with Crippen molar-refractivity contribution in [2.24, 2.45) is 0 Å². The Morgan fingerprint density at radius 3 is 0.838 bits per heavy atom. The first-order valence-electron chi connectivity index (χ1n) is 31.9. The van der Waals surface area contributed by atoms with E-state index in [4.69, 9.17) is 14.2 Å². The molecule has 0 aliphatic carbocycles. The topological polar surface area (TPSA) is 78.9 Å². The van der Waals surface area contributed by atoms with Gasteiger partial charge in [0.05, 0.1) is 0 Å². The second kappa shape index (κ2) is 62.4. The molecule has 6 heteroatoms. The summed E-state index contributed by atoms with van der Waals surface area (Å²) < 4.78 is 16.8. The van der Waals surface area contributed by atoms with Crippen molar-refractivity contribution in [3.05, 3.63) is 72.9 Å². The highest BCUT2D eigenvalue weighted by Crippen LogP contribution is 2.17. The Kier molecular flexibility index (Phi) is 59.7. The van der Waals surface area contributed by atoms with E-state index in [1.807, 2.05) is 0 Å². The van der Waals surface area contributed by atoms with E-state index in [0.717, 1.165) is 89.9 Å². The lowest BCUT2D eigenvalue weighted by Gasteiger charge is -2.18. The fraction of sp³-hybridized carbons (Fsp3) is 0.779. The number of esters is 3. The highest BCUT2D eigenvalue weighted by Gasteiger charge is 2.19. The average Bonchev–Trinajstić information content (AvgIpc) is 3.40. The van der Waals surface area contributed by atoms with Crippen molar-refractivity contribution in [1.82, 2.24) is 0 Å². The maximum Gasteiger partial charge on any atom is 0.306 e. The molecular formula is C68H120O6. The van der Waals surface area contributed by atoms with Gasteiger partial charge in [0.15, 0.2) is 6.10 Å². The van der Waals surface area contributed by atoms with E-state index < -0.39 is 6.10 Å². The van der Waals surface area contributed by atoms with E-state index in [2.05, 4.69) is 93.7 Å². The van der Waals surface area contributed by atoms with Crippen molar-refractivity contribution in [3.8, 4) is 0 Å². The predicted molar refractivity (Wildman–Crippen MR) is 321 cm³/mol. The summed E-state index contributed by atoms with van der Waals surface area (Å²) in [7, 11) is 0. The van der Waals surface area contributed by atoms with Gasteiger partial charge in [-0.25, -0.2) is 0 Å². The standard InChI is InChI=1S/C68H120O6/c1-4-7-10-13-16-18-20-22-24-26-28-30-31-32-33-34-35-36-37-39-40-42-44-46-48-50-52-55-58-61-67(70)73-64-65(63-72-66(69)60-57-54-15-12-9-6-3)74-68(71)62-59-56-53-51-49-47-45-43-41-38-29-27-25-23-21-19-17-14-11-8-5-2/h7,10,16,18,22,24,27-30,32-33,65H,4-6,8-9,11-15,17,19-21,23,25-26,31,34-64H2,1-3H3/b10-7-,18-16-,24-22-,29-27-,30-28-,33-32-. The minimum absolute atomic E-state index is 0.0737. The predicted octanol–water partition coefficient (Wildman–Crippen LogP) is 21.7. The molecule has 0 aliphatic rings. The summed E-state index contributed by atoms with van der Waals surface area (Å²) in [6, 6.07) is 0. The van der Waals surface area contributed by atoms with Crippen molar-refractivity contribution in [1.29, 1.82) is 0 Å². The van der Waals surface area contributed by atoms with Crippen LogP contribution in [0.25, 0.3) is 0 Å². The number of allylic oxidation sites excluding steroid dienone is 12. The van der Waals surface area contributed by atoms with Gasteiger partial charge in [-0.1, -0.05) is 286 Å². The van der Waals surface area contributed by atoms with Gasteiger partial charge < -0.3 is 14.2 Å². The molecule has 1 atom stereocenters. The maximum absolute atomic E-state index is 12.8. The van der Waals surface area contributed by atoms with Gasteiger partial charge in [0, 0.05) is 19.3 Å². The molecule has 0 saturated carbocycles. The van der Waals surface area contributed by atoms with Gasteiger partial charge in [-0.2, -0.15) is 0 Å². The van der Waals surface area contributed by atoms with Crippen molar-refractivity contribution < 1.29 is 28.6 Å². The van der Waals surface area contributed by atoms with E-state index in [1.165, 1.54) is 193 Å². The second-order valence-corrected chi connectivity index (χ2v) is 21.3. The van der Waals surface area contributed by atoms with Crippen LogP contribution in [0.2, 0.25) is 0 Å². The zero-order valence-electron chi connectivity index (χ0n) is 49.1. The van der Waals surface area contributed by atoms with Crippen molar-refractivity contribution in [3.63, 3.8) is 0 Å². The van der Waals surface area contributed by atoms with Crippen LogP contribution in [0.1, 0.15) is 323 Å². The largest absolute Gasteiger partial charge is 0.462 e. The molecule has 0 aromatic rings. The molecule has 0 bridgehead atoms. The molecule has 0 saturated heterocycles. The molecule has 0 heterocycles. The van der Waals surface area contributed by atoms with E-state index >= 15 is 0 Å². The molecule has 0 spiro atoms. The smallest absolute Gasteiger partial charge is 0.306 e. The number of carbonyl (C=O) groups is 3. The van der Waals surface area contributed by atoms with Crippen LogP contribution >= 0.6 is 0 Å². The number of carbonyl (C=O) groups excluding carboxylic acids is 3. The molecule has 0 amide bonds. The first kappa shape index (κ1) is 70.8. The number of hydrogen-bond acceptors (Lipinski definition) is 6. The summed E-state index contributed by atoms with van der Waals surface area (Å²) in [4.78, 5) is 38.0. The summed E-state index contributed by atoms with van der Waals surface area (Å²) in [5, 5.41) is 0. The number of unbranched alkanes of at least 4 members (excludes halogenated alkanes) is 35. The van der Waals surface area contributed by atoms with E-state index in [0.29, 0.717) is 19.3 Å². The van der Waals surface area contributed by atoms with Crippen LogP contribution in [-0.2, 0) is 28.6 Å².